The van der Waals surface area contributed by atoms with E-state index in [1.54, 1.807) is 0 Å². The molecule has 0 saturated carbocycles. The van der Waals surface area contributed by atoms with E-state index in [0.717, 1.165) is 42.7 Å². The van der Waals surface area contributed by atoms with Crippen molar-refractivity contribution < 1.29 is 4.79 Å². The van der Waals surface area contributed by atoms with Crippen molar-refractivity contribution in [3.8, 4) is 0 Å². The molecule has 5 nitrogen and oxygen atoms in total. The Morgan fingerprint density at radius 1 is 1.07 bits per heavy atom. The fourth-order valence-electron chi connectivity index (χ4n) is 4.76. The van der Waals surface area contributed by atoms with E-state index in [1.165, 1.54) is 37.1 Å². The normalized spacial score (nSPS) is 19.4. The maximum atomic E-state index is 12.9. The summed E-state index contributed by atoms with van der Waals surface area (Å²) in [5.41, 5.74) is 5.36. The van der Waals surface area contributed by atoms with Crippen molar-refractivity contribution in [2.24, 2.45) is 0 Å². The van der Waals surface area contributed by atoms with Crippen molar-refractivity contribution in [1.29, 1.82) is 0 Å². The highest BCUT2D eigenvalue weighted by molar-refractivity contribution is 5.94. The van der Waals surface area contributed by atoms with Gasteiger partial charge in [-0.2, -0.15) is 0 Å². The molecule has 3 aromatic rings. The van der Waals surface area contributed by atoms with Crippen molar-refractivity contribution in [3.63, 3.8) is 0 Å². The molecule has 2 fully saturated rings. The first-order chi connectivity index (χ1) is 14.2. The first kappa shape index (κ1) is 20.9. The van der Waals surface area contributed by atoms with Gasteiger partial charge in [-0.25, -0.2) is 4.98 Å². The molecule has 0 N–H and O–H groups in total. The Kier molecular flexibility index (Phi) is 6.11. The Hall–Kier alpha value is -2.37. The maximum absolute atomic E-state index is 12.9. The van der Waals surface area contributed by atoms with Crippen LogP contribution in [-0.2, 0) is 6.54 Å². The zero-order valence-electron chi connectivity index (χ0n) is 17.5. The molecule has 1 amide bonds. The number of nitrogens with zero attached hydrogens (tertiary/aromatic N) is 4. The lowest BCUT2D eigenvalue weighted by Crippen LogP contribution is -2.37. The number of amides is 1. The summed E-state index contributed by atoms with van der Waals surface area (Å²) in [6.07, 6.45) is 5.61. The highest BCUT2D eigenvalue weighted by Crippen LogP contribution is 2.22. The Bertz CT molecular complexity index is 1020. The first-order valence-electron chi connectivity index (χ1n) is 10.7. The SMILES string of the molecule is Cc1ccc2c(c1)ncn2Cc1ccc(C(=O)N2CCC(N3CCCC3)C2)cc1.Cl. The number of hydrogen-bond donors (Lipinski definition) is 0. The van der Waals surface area contributed by atoms with Crippen LogP contribution in [0.3, 0.4) is 0 Å². The van der Waals surface area contributed by atoms with Gasteiger partial charge in [0.05, 0.1) is 17.4 Å². The number of halogens is 1. The molecule has 5 rings (SSSR count). The predicted octanol–water partition coefficient (Wildman–Crippen LogP) is 4.13. The third-order valence-corrected chi connectivity index (χ3v) is 6.44. The van der Waals surface area contributed by atoms with Gasteiger partial charge in [0.25, 0.3) is 5.91 Å². The number of fused-ring (bicyclic) bond motifs is 1. The van der Waals surface area contributed by atoms with E-state index in [2.05, 4.69) is 51.7 Å². The molecule has 2 aliphatic heterocycles. The standard InChI is InChI=1S/C24H28N4O.ClH/c1-18-4-9-23-22(14-18)25-17-28(23)15-19-5-7-20(8-6-19)24(29)27-13-10-21(16-27)26-11-2-3-12-26;/h4-9,14,17,21H,2-3,10-13,15-16H2,1H3;1H. The van der Waals surface area contributed by atoms with Gasteiger partial charge >= 0.3 is 0 Å². The van der Waals surface area contributed by atoms with Gasteiger partial charge in [0.1, 0.15) is 0 Å². The van der Waals surface area contributed by atoms with E-state index in [1.807, 2.05) is 23.4 Å². The lowest BCUT2D eigenvalue weighted by atomic mass is 10.1. The smallest absolute Gasteiger partial charge is 0.253 e. The molecule has 0 radical (unpaired) electrons. The molecule has 2 aliphatic rings. The number of benzene rings is 2. The average molecular weight is 425 g/mol. The van der Waals surface area contributed by atoms with E-state index in [4.69, 9.17) is 0 Å². The van der Waals surface area contributed by atoms with Crippen LogP contribution in [0.4, 0.5) is 0 Å². The van der Waals surface area contributed by atoms with E-state index in [-0.39, 0.29) is 18.3 Å². The summed E-state index contributed by atoms with van der Waals surface area (Å²) in [6, 6.07) is 15.0. The predicted molar refractivity (Wildman–Crippen MR) is 122 cm³/mol. The van der Waals surface area contributed by atoms with Gasteiger partial charge in [0, 0.05) is 31.2 Å². The topological polar surface area (TPSA) is 41.4 Å². The van der Waals surface area contributed by atoms with Crippen LogP contribution in [0.1, 0.15) is 40.7 Å². The van der Waals surface area contributed by atoms with Crippen LogP contribution in [0.5, 0.6) is 0 Å². The Balaban J connectivity index is 0.00000218. The van der Waals surface area contributed by atoms with Gasteiger partial charge in [-0.1, -0.05) is 18.2 Å². The van der Waals surface area contributed by atoms with Crippen LogP contribution in [0.25, 0.3) is 11.0 Å². The summed E-state index contributed by atoms with van der Waals surface area (Å²) in [5, 5.41) is 0. The highest BCUT2D eigenvalue weighted by Gasteiger charge is 2.31. The zero-order chi connectivity index (χ0) is 19.8. The summed E-state index contributed by atoms with van der Waals surface area (Å²) in [5.74, 6) is 0.168. The Morgan fingerprint density at radius 2 is 1.83 bits per heavy atom. The molecule has 1 atom stereocenters. The second-order valence-electron chi connectivity index (χ2n) is 8.50. The number of aryl methyl sites for hydroxylation is 1. The monoisotopic (exact) mass is 424 g/mol. The van der Waals surface area contributed by atoms with Crippen molar-refractivity contribution in [3.05, 3.63) is 65.5 Å². The summed E-state index contributed by atoms with van der Waals surface area (Å²) in [6.45, 7) is 6.99. The van der Waals surface area contributed by atoms with Crippen LogP contribution in [-0.4, -0.2) is 57.5 Å². The van der Waals surface area contributed by atoms with Gasteiger partial charge in [-0.05, 0) is 74.7 Å². The number of imidazole rings is 1. The second kappa shape index (κ2) is 8.78. The van der Waals surface area contributed by atoms with Crippen molar-refractivity contribution in [2.45, 2.75) is 38.8 Å². The van der Waals surface area contributed by atoms with Crippen molar-refractivity contribution >= 4 is 29.3 Å². The quantitative estimate of drug-likeness (QED) is 0.632. The van der Waals surface area contributed by atoms with Gasteiger partial charge < -0.3 is 9.47 Å². The van der Waals surface area contributed by atoms with Crippen LogP contribution >= 0.6 is 12.4 Å². The third kappa shape index (κ3) is 4.09. The van der Waals surface area contributed by atoms with Gasteiger partial charge in [0.15, 0.2) is 0 Å². The van der Waals surface area contributed by atoms with E-state index in [9.17, 15) is 4.79 Å². The number of likely N-dealkylation sites (tertiary alicyclic amines) is 2. The minimum atomic E-state index is 0. The fourth-order valence-corrected chi connectivity index (χ4v) is 4.76. The number of hydrogen-bond acceptors (Lipinski definition) is 3. The van der Waals surface area contributed by atoms with E-state index >= 15 is 0 Å². The fraction of sp³-hybridized carbons (Fsp3) is 0.417. The summed E-state index contributed by atoms with van der Waals surface area (Å²) in [7, 11) is 0. The Labute approximate surface area is 184 Å². The molecular weight excluding hydrogens is 396 g/mol. The highest BCUT2D eigenvalue weighted by atomic mass is 35.5. The molecule has 158 valence electrons. The molecule has 30 heavy (non-hydrogen) atoms. The van der Waals surface area contributed by atoms with Gasteiger partial charge in [0.2, 0.25) is 0 Å². The lowest BCUT2D eigenvalue weighted by molar-refractivity contribution is 0.0780. The lowest BCUT2D eigenvalue weighted by Gasteiger charge is -2.23. The van der Waals surface area contributed by atoms with Crippen LogP contribution in [0.15, 0.2) is 48.8 Å². The van der Waals surface area contributed by atoms with E-state index < -0.39 is 0 Å². The van der Waals surface area contributed by atoms with Crippen LogP contribution in [0, 0.1) is 6.92 Å². The zero-order valence-corrected chi connectivity index (χ0v) is 18.3. The summed E-state index contributed by atoms with van der Waals surface area (Å²) in [4.78, 5) is 22.0. The third-order valence-electron chi connectivity index (χ3n) is 6.44. The second-order valence-corrected chi connectivity index (χ2v) is 8.50. The van der Waals surface area contributed by atoms with E-state index in [0.29, 0.717) is 6.04 Å². The maximum Gasteiger partial charge on any atom is 0.253 e. The summed E-state index contributed by atoms with van der Waals surface area (Å²) >= 11 is 0. The molecule has 3 heterocycles. The number of aromatic nitrogens is 2. The Morgan fingerprint density at radius 3 is 2.60 bits per heavy atom. The molecule has 0 bridgehead atoms. The molecule has 1 unspecified atom stereocenters. The molecule has 1 aromatic heterocycles. The van der Waals surface area contributed by atoms with Gasteiger partial charge in [-0.15, -0.1) is 12.4 Å². The van der Waals surface area contributed by atoms with Crippen molar-refractivity contribution in [1.82, 2.24) is 19.4 Å². The minimum absolute atomic E-state index is 0. The molecule has 0 spiro atoms. The van der Waals surface area contributed by atoms with Crippen LogP contribution < -0.4 is 0 Å². The largest absolute Gasteiger partial charge is 0.337 e. The van der Waals surface area contributed by atoms with Gasteiger partial charge in [-0.3, -0.25) is 9.69 Å². The average Bonchev–Trinajstić information content (AvgIpc) is 3.49. The number of carbonyl (C=O) groups is 1. The number of carbonyl (C=O) groups excluding carboxylic acids is 1. The van der Waals surface area contributed by atoms with Crippen molar-refractivity contribution in [2.75, 3.05) is 26.2 Å². The number of rotatable bonds is 4. The van der Waals surface area contributed by atoms with Crippen LogP contribution in [0.2, 0.25) is 0 Å². The summed E-state index contributed by atoms with van der Waals surface area (Å²) < 4.78 is 2.16. The molecule has 2 aromatic carbocycles. The molecular formula is C24H29ClN4O. The molecule has 6 heteroatoms. The minimum Gasteiger partial charge on any atom is -0.337 e. The molecule has 2 saturated heterocycles. The first-order valence-corrected chi connectivity index (χ1v) is 10.7. The molecule has 0 aliphatic carbocycles.